The Labute approximate surface area is 435 Å². The number of carbonyl (C=O) groups excluding carboxylic acids is 1. The van der Waals surface area contributed by atoms with Gasteiger partial charge in [-0.1, -0.05) is 52.5 Å². The monoisotopic (exact) mass is 996 g/mol. The number of carbonyl (C=O) groups is 1. The van der Waals surface area contributed by atoms with Gasteiger partial charge >= 0.3 is 0 Å². The Hall–Kier alpha value is -3.48. The van der Waals surface area contributed by atoms with E-state index in [2.05, 4.69) is 91.5 Å². The number of aromatic nitrogens is 2. The van der Waals surface area contributed by atoms with Gasteiger partial charge in [0.15, 0.2) is 0 Å². The molecule has 2 heterocycles. The predicted molar refractivity (Wildman–Crippen MR) is 285 cm³/mol. The molecule has 2 aliphatic carbocycles. The molecule has 2 fully saturated rings. The van der Waals surface area contributed by atoms with Crippen LogP contribution in [0.25, 0.3) is 0 Å². The van der Waals surface area contributed by atoms with Gasteiger partial charge in [0, 0.05) is 83.4 Å². The maximum atomic E-state index is 10.9. The van der Waals surface area contributed by atoms with E-state index >= 15 is 0 Å². The van der Waals surface area contributed by atoms with E-state index in [1.165, 1.54) is 54.4 Å². The van der Waals surface area contributed by atoms with Crippen LogP contribution in [0.2, 0.25) is 0 Å². The molecule has 0 bridgehead atoms. The van der Waals surface area contributed by atoms with Crippen molar-refractivity contribution in [2.75, 3.05) is 6.54 Å². The van der Waals surface area contributed by atoms with Crippen LogP contribution in [0.3, 0.4) is 0 Å². The number of rotatable bonds is 12. The molecule has 0 saturated heterocycles. The Balaban J connectivity index is -0.000000859. The van der Waals surface area contributed by atoms with Crippen molar-refractivity contribution in [3.63, 3.8) is 0 Å². The van der Waals surface area contributed by atoms with Crippen LogP contribution in [-0.4, -0.2) is 79.8 Å². The van der Waals surface area contributed by atoms with Gasteiger partial charge in [0.1, 0.15) is 17.8 Å². The summed E-state index contributed by atoms with van der Waals surface area (Å²) in [5, 5.41) is 35.8. The van der Waals surface area contributed by atoms with E-state index in [0.29, 0.717) is 17.9 Å². The Morgan fingerprint density at radius 2 is 0.986 bits per heavy atom. The van der Waals surface area contributed by atoms with Crippen LogP contribution < -0.4 is 14.8 Å². The maximum absolute atomic E-state index is 10.9. The fourth-order valence-electron chi connectivity index (χ4n) is 7.17. The molecule has 2 aliphatic rings. The number of aldehydes is 1. The number of aliphatic hydroxyl groups is 4. The van der Waals surface area contributed by atoms with E-state index in [1.807, 2.05) is 56.0 Å². The molecule has 6 atom stereocenters. The molecule has 2 saturated carbocycles. The number of nitrogens with zero attached hydrogens (tertiary/aromatic N) is 2. The number of nitrogens with one attached hydrogen (secondary N) is 1. The van der Waals surface area contributed by atoms with Crippen molar-refractivity contribution in [2.45, 2.75) is 198 Å². The van der Waals surface area contributed by atoms with Gasteiger partial charge < -0.3 is 40.0 Å². The SMILES string of the molecule is C.CC(C)O.CC(C)O.CC(C)O.CC(C)O.CCc1ccncc1.Cc1cccc(O[C@@H]2CCC[C@H](C(C)C=O)C2)c1.Cc1cccc(O[C@@H]2CCC[C@H](C(C)CNCc3ccncc3)C2)c1.[Ti]. The van der Waals surface area contributed by atoms with E-state index < -0.39 is 0 Å². The molecular weight excluding hydrogens is 899 g/mol. The minimum absolute atomic E-state index is 0. The Morgan fingerprint density at radius 1 is 0.609 bits per heavy atom. The smallest absolute Gasteiger partial charge is 0.123 e. The summed E-state index contributed by atoms with van der Waals surface area (Å²) in [4.78, 5) is 18.8. The number of aliphatic hydroxyl groups excluding tert-OH is 4. The van der Waals surface area contributed by atoms with E-state index in [-0.39, 0.29) is 65.6 Å². The van der Waals surface area contributed by atoms with Crippen LogP contribution in [0.15, 0.2) is 97.6 Å². The zero-order valence-electron chi connectivity index (χ0n) is 44.3. The second-order valence-corrected chi connectivity index (χ2v) is 19.0. The topological polar surface area (TPSA) is 154 Å². The molecule has 5 N–H and O–H groups in total. The van der Waals surface area contributed by atoms with Crippen LogP contribution in [0.4, 0.5) is 0 Å². The van der Waals surface area contributed by atoms with Crippen molar-refractivity contribution in [1.29, 1.82) is 0 Å². The third-order valence-electron chi connectivity index (χ3n) is 10.4. The van der Waals surface area contributed by atoms with Crippen LogP contribution in [0.1, 0.15) is 157 Å². The average Bonchev–Trinajstić information content (AvgIpc) is 3.27. The van der Waals surface area contributed by atoms with Crippen molar-refractivity contribution >= 4 is 6.29 Å². The van der Waals surface area contributed by atoms with Crippen LogP contribution in [0, 0.1) is 37.5 Å². The van der Waals surface area contributed by atoms with Crippen molar-refractivity contribution in [3.8, 4) is 11.5 Å². The molecule has 0 spiro atoms. The molecule has 10 nitrogen and oxygen atoms in total. The predicted octanol–water partition coefficient (Wildman–Crippen LogP) is 12.3. The van der Waals surface area contributed by atoms with Gasteiger partial charge in [0.05, 0.1) is 12.2 Å². The summed E-state index contributed by atoms with van der Waals surface area (Å²) in [5.74, 6) is 4.05. The van der Waals surface area contributed by atoms with Gasteiger partial charge in [-0.15, -0.1) is 0 Å². The average molecular weight is 996 g/mol. The number of benzene rings is 2. The summed E-state index contributed by atoms with van der Waals surface area (Å²) in [6, 6.07) is 24.8. The van der Waals surface area contributed by atoms with Crippen molar-refractivity contribution in [2.24, 2.45) is 23.7 Å². The summed E-state index contributed by atoms with van der Waals surface area (Å²) in [6.07, 6.45) is 18.9. The molecule has 69 heavy (non-hydrogen) atoms. The molecular formula is C58H97N3O7Ti. The first kappa shape index (κ1) is 69.8. The fraction of sp³-hybridized carbons (Fsp3) is 0.603. The largest absolute Gasteiger partial charge is 0.490 e. The van der Waals surface area contributed by atoms with Crippen LogP contribution in [0.5, 0.6) is 11.5 Å². The summed E-state index contributed by atoms with van der Waals surface area (Å²) in [6.45, 7) is 26.5. The van der Waals surface area contributed by atoms with Gasteiger partial charge in [-0.25, -0.2) is 0 Å². The standard InChI is InChI=1S/C22H30N2O.C16H22O2.C7H9N.4C3H8O.CH4.Ti/c1-17-5-3-7-21(13-17)25-22-8-4-6-20(14-22)18(2)15-24-16-19-9-11-23-12-10-19;1-12-5-3-7-15(9-12)18-16-8-4-6-14(10-16)13(2)11-17;1-2-7-3-5-8-6-4-7;4*1-3(2)4;;/h3,5,7,9-13,18,20,22,24H,4,6,8,14-16H2,1-2H3;3,5,7,9,11,13-14,16H,4,6,8,10H2,1-2H3;3-6H,2H2,1H3;4*3-4H,1-2H3;1H4;/t18?,20-,22+;13?,14-,16+;;;;;;;/m00......./s1. The van der Waals surface area contributed by atoms with E-state index in [4.69, 9.17) is 29.9 Å². The van der Waals surface area contributed by atoms with Gasteiger partial charge in [-0.3, -0.25) is 9.97 Å². The normalized spacial score (nSPS) is 17.6. The zero-order chi connectivity index (χ0) is 50.6. The van der Waals surface area contributed by atoms with Gasteiger partial charge in [0.2, 0.25) is 0 Å². The first-order valence-corrected chi connectivity index (χ1v) is 24.9. The number of pyridine rings is 2. The van der Waals surface area contributed by atoms with Gasteiger partial charge in [0.25, 0.3) is 0 Å². The summed E-state index contributed by atoms with van der Waals surface area (Å²) in [5.41, 5.74) is 5.13. The van der Waals surface area contributed by atoms with Crippen LogP contribution >= 0.6 is 0 Å². The molecule has 0 amide bonds. The summed E-state index contributed by atoms with van der Waals surface area (Å²) in [7, 11) is 0. The molecule has 2 aromatic heterocycles. The zero-order valence-corrected chi connectivity index (χ0v) is 45.8. The molecule has 2 aromatic carbocycles. The molecule has 6 rings (SSSR count). The van der Waals surface area contributed by atoms with E-state index in [1.54, 1.807) is 55.4 Å². The number of ether oxygens (including phenoxy) is 2. The molecule has 0 aliphatic heterocycles. The number of hydrogen-bond donors (Lipinski definition) is 5. The Morgan fingerprint density at radius 3 is 1.35 bits per heavy atom. The number of hydrogen-bond acceptors (Lipinski definition) is 10. The summed E-state index contributed by atoms with van der Waals surface area (Å²) >= 11 is 0. The number of aryl methyl sites for hydroxylation is 3. The minimum atomic E-state index is -0.167. The minimum Gasteiger partial charge on any atom is -0.490 e. The Bertz CT molecular complexity index is 1710. The maximum Gasteiger partial charge on any atom is 0.123 e. The van der Waals surface area contributed by atoms with Crippen molar-refractivity contribution in [1.82, 2.24) is 15.3 Å². The Kier molecular flexibility index (Phi) is 43.8. The molecule has 4 aromatic rings. The molecule has 0 radical (unpaired) electrons. The molecule has 11 heteroatoms. The first-order valence-electron chi connectivity index (χ1n) is 24.9. The van der Waals surface area contributed by atoms with Gasteiger partial charge in [-0.05, 0) is 222 Å². The molecule has 2 unspecified atom stereocenters. The first-order chi connectivity index (χ1) is 31.7. The fourth-order valence-corrected chi connectivity index (χ4v) is 7.17. The van der Waals surface area contributed by atoms with Crippen molar-refractivity contribution in [3.05, 3.63) is 120 Å². The molecule has 390 valence electrons. The third-order valence-corrected chi connectivity index (χ3v) is 10.4. The quantitative estimate of drug-likeness (QED) is 0.0684. The van der Waals surface area contributed by atoms with E-state index in [9.17, 15) is 4.79 Å². The van der Waals surface area contributed by atoms with Gasteiger partial charge in [-0.2, -0.15) is 0 Å². The second-order valence-electron chi connectivity index (χ2n) is 19.0. The van der Waals surface area contributed by atoms with E-state index in [0.717, 1.165) is 62.5 Å². The summed E-state index contributed by atoms with van der Waals surface area (Å²) < 4.78 is 12.3. The second kappa shape index (κ2) is 43.3. The van der Waals surface area contributed by atoms with Crippen LogP contribution in [-0.2, 0) is 39.5 Å². The third kappa shape index (κ3) is 40.9. The van der Waals surface area contributed by atoms with Crippen molar-refractivity contribution < 1.29 is 56.4 Å².